The topological polar surface area (TPSA) is 91.8 Å². The Balaban J connectivity index is 1.33. The number of aliphatic carboxylic acids is 1. The number of likely N-dealkylation sites (tertiary alicyclic amines) is 1. The second-order valence-corrected chi connectivity index (χ2v) is 10.8. The molecule has 10 heteroatoms. The second-order valence-electron chi connectivity index (χ2n) is 10.8. The van der Waals surface area contributed by atoms with Gasteiger partial charge in [0.2, 0.25) is 0 Å². The van der Waals surface area contributed by atoms with E-state index in [9.17, 15) is 27.9 Å². The normalized spacial score (nSPS) is 19.3. The molecule has 42 heavy (non-hydrogen) atoms. The fourth-order valence-corrected chi connectivity index (χ4v) is 5.58. The zero-order valence-electron chi connectivity index (χ0n) is 23.2. The highest BCUT2D eigenvalue weighted by atomic mass is 19.4. The predicted molar refractivity (Wildman–Crippen MR) is 153 cm³/mol. The van der Waals surface area contributed by atoms with Crippen molar-refractivity contribution in [2.24, 2.45) is 5.92 Å². The van der Waals surface area contributed by atoms with E-state index in [1.807, 2.05) is 24.3 Å². The lowest BCUT2D eigenvalue weighted by Gasteiger charge is -2.23. The number of halogens is 3. The van der Waals surface area contributed by atoms with Gasteiger partial charge in [0.05, 0.1) is 5.92 Å². The predicted octanol–water partition coefficient (Wildman–Crippen LogP) is 7.15. The molecular weight excluding hydrogens is 547 g/mol. The number of carbonyl (C=O) groups is 2. The lowest BCUT2D eigenvalue weighted by Crippen LogP contribution is -2.26. The molecule has 0 radical (unpaired) electrons. The lowest BCUT2D eigenvalue weighted by atomic mass is 9.86. The van der Waals surface area contributed by atoms with Crippen LogP contribution >= 0.6 is 0 Å². The first kappa shape index (κ1) is 29.3. The maximum absolute atomic E-state index is 13.1. The SMILES string of the molecule is C[C@@H]1CCCN1Cc1cc(NC(=O)c2ccc(C3=CCC(C(=O)O)CC3)cc2)ncc1-c1ccc(OC(F)(F)F)cc1. The number of ether oxygens (including phenoxy) is 1. The molecule has 2 atom stereocenters. The van der Waals surface area contributed by atoms with Gasteiger partial charge in [-0.15, -0.1) is 13.2 Å². The number of amides is 1. The molecule has 1 aliphatic heterocycles. The summed E-state index contributed by atoms with van der Waals surface area (Å²) in [6.07, 6.45) is 2.76. The molecule has 0 saturated carbocycles. The molecule has 7 nitrogen and oxygen atoms in total. The summed E-state index contributed by atoms with van der Waals surface area (Å²) in [5.74, 6) is -1.36. The minimum absolute atomic E-state index is 0.298. The number of rotatable bonds is 8. The highest BCUT2D eigenvalue weighted by molar-refractivity contribution is 6.04. The molecule has 1 aliphatic carbocycles. The molecule has 2 aliphatic rings. The van der Waals surface area contributed by atoms with Crippen molar-refractivity contribution in [1.82, 2.24) is 9.88 Å². The van der Waals surface area contributed by atoms with E-state index in [0.717, 1.165) is 41.6 Å². The van der Waals surface area contributed by atoms with Crippen LogP contribution in [0.5, 0.6) is 5.75 Å². The number of carboxylic acids is 1. The van der Waals surface area contributed by atoms with Gasteiger partial charge >= 0.3 is 12.3 Å². The van der Waals surface area contributed by atoms with Crippen LogP contribution < -0.4 is 10.1 Å². The molecule has 220 valence electrons. The van der Waals surface area contributed by atoms with Gasteiger partial charge in [-0.25, -0.2) is 4.98 Å². The maximum atomic E-state index is 13.1. The summed E-state index contributed by atoms with van der Waals surface area (Å²) in [5.41, 5.74) is 4.86. The van der Waals surface area contributed by atoms with Crippen molar-refractivity contribution in [1.29, 1.82) is 0 Å². The lowest BCUT2D eigenvalue weighted by molar-refractivity contribution is -0.274. The van der Waals surface area contributed by atoms with Crippen LogP contribution in [0.4, 0.5) is 19.0 Å². The van der Waals surface area contributed by atoms with Crippen LogP contribution in [-0.4, -0.2) is 45.8 Å². The minimum Gasteiger partial charge on any atom is -0.481 e. The van der Waals surface area contributed by atoms with Gasteiger partial charge in [-0.2, -0.15) is 0 Å². The highest BCUT2D eigenvalue weighted by Crippen LogP contribution is 2.32. The number of carbonyl (C=O) groups excluding carboxylic acids is 1. The second kappa shape index (κ2) is 12.4. The van der Waals surface area contributed by atoms with Crippen LogP contribution in [0.1, 0.15) is 60.5 Å². The number of aromatic nitrogens is 1. The Labute approximate surface area is 242 Å². The van der Waals surface area contributed by atoms with Crippen molar-refractivity contribution in [3.8, 4) is 16.9 Å². The molecule has 5 rings (SSSR count). The molecule has 2 N–H and O–H groups in total. The van der Waals surface area contributed by atoms with Gasteiger partial charge in [0.25, 0.3) is 5.91 Å². The van der Waals surface area contributed by atoms with Crippen molar-refractivity contribution in [3.05, 3.63) is 83.6 Å². The van der Waals surface area contributed by atoms with Gasteiger partial charge in [0, 0.05) is 29.9 Å². The molecular formula is C32H32F3N3O4. The number of nitrogens with zero attached hydrogens (tertiary/aromatic N) is 2. The summed E-state index contributed by atoms with van der Waals surface area (Å²) < 4.78 is 41.8. The van der Waals surface area contributed by atoms with Crippen molar-refractivity contribution < 1.29 is 32.6 Å². The smallest absolute Gasteiger partial charge is 0.481 e. The fourth-order valence-electron chi connectivity index (χ4n) is 5.58. The van der Waals surface area contributed by atoms with Crippen molar-refractivity contribution in [2.75, 3.05) is 11.9 Å². The maximum Gasteiger partial charge on any atom is 0.573 e. The van der Waals surface area contributed by atoms with E-state index >= 15 is 0 Å². The minimum atomic E-state index is -4.76. The Morgan fingerprint density at radius 1 is 1.07 bits per heavy atom. The Morgan fingerprint density at radius 3 is 2.38 bits per heavy atom. The van der Waals surface area contributed by atoms with Gasteiger partial charge in [-0.05, 0) is 98.2 Å². The summed E-state index contributed by atoms with van der Waals surface area (Å²) in [5, 5.41) is 12.1. The third-order valence-electron chi connectivity index (χ3n) is 7.97. The third kappa shape index (κ3) is 7.17. The molecule has 2 aromatic carbocycles. The van der Waals surface area contributed by atoms with Gasteiger partial charge < -0.3 is 15.2 Å². The van der Waals surface area contributed by atoms with E-state index in [-0.39, 0.29) is 17.6 Å². The van der Waals surface area contributed by atoms with Gasteiger partial charge in [0.15, 0.2) is 0 Å². The average Bonchev–Trinajstić information content (AvgIpc) is 3.37. The molecule has 2 heterocycles. The number of carboxylic acid groups (broad SMARTS) is 1. The standard InChI is InChI=1S/C32H32F3N3O4/c1-20-3-2-16-38(20)19-26-17-29(36-18-28(26)23-12-14-27(15-13-23)42-32(33,34)35)37-30(39)24-8-4-21(5-9-24)22-6-10-25(11-7-22)31(40)41/h4-6,8-9,12-15,17-18,20,25H,2-3,7,10-11,16,19H2,1H3,(H,40,41)(H,36,37,39)/t20-,25?/m1/s1. The number of benzene rings is 2. The van der Waals surface area contributed by atoms with E-state index in [4.69, 9.17) is 0 Å². The first-order valence-corrected chi connectivity index (χ1v) is 14.0. The van der Waals surface area contributed by atoms with E-state index in [0.29, 0.717) is 48.8 Å². The molecule has 3 aromatic rings. The summed E-state index contributed by atoms with van der Waals surface area (Å²) in [6, 6.07) is 15.1. The van der Waals surface area contributed by atoms with Crippen LogP contribution in [0.15, 0.2) is 66.9 Å². The zero-order valence-corrected chi connectivity index (χ0v) is 23.2. The highest BCUT2D eigenvalue weighted by Gasteiger charge is 2.31. The third-order valence-corrected chi connectivity index (χ3v) is 7.97. The number of anilines is 1. The molecule has 1 fully saturated rings. The Kier molecular flexibility index (Phi) is 8.63. The Morgan fingerprint density at radius 2 is 1.79 bits per heavy atom. The van der Waals surface area contributed by atoms with Gasteiger partial charge in [-0.1, -0.05) is 30.3 Å². The number of pyridine rings is 1. The number of hydrogen-bond acceptors (Lipinski definition) is 5. The summed E-state index contributed by atoms with van der Waals surface area (Å²) >= 11 is 0. The molecule has 1 amide bonds. The van der Waals surface area contributed by atoms with Gasteiger partial charge in [0.1, 0.15) is 11.6 Å². The van der Waals surface area contributed by atoms with E-state index in [2.05, 4.69) is 26.9 Å². The van der Waals surface area contributed by atoms with E-state index in [1.54, 1.807) is 30.5 Å². The molecule has 0 bridgehead atoms. The molecule has 1 aromatic heterocycles. The van der Waals surface area contributed by atoms with E-state index < -0.39 is 12.3 Å². The zero-order chi connectivity index (χ0) is 29.9. The number of nitrogens with one attached hydrogen (secondary N) is 1. The summed E-state index contributed by atoms with van der Waals surface area (Å²) in [7, 11) is 0. The monoisotopic (exact) mass is 579 g/mol. The quantitative estimate of drug-likeness (QED) is 0.295. The molecule has 1 saturated heterocycles. The average molecular weight is 580 g/mol. The first-order chi connectivity index (χ1) is 20.1. The van der Waals surface area contributed by atoms with Crippen LogP contribution in [0.2, 0.25) is 0 Å². The van der Waals surface area contributed by atoms with Crippen LogP contribution in [-0.2, 0) is 11.3 Å². The Hall–Kier alpha value is -4.18. The fraction of sp³-hybridized carbons (Fsp3) is 0.344. The molecule has 0 spiro atoms. The van der Waals surface area contributed by atoms with E-state index in [1.165, 1.54) is 12.1 Å². The first-order valence-electron chi connectivity index (χ1n) is 14.0. The van der Waals surface area contributed by atoms with Gasteiger partial charge in [-0.3, -0.25) is 14.5 Å². The van der Waals surface area contributed by atoms with Crippen molar-refractivity contribution in [3.63, 3.8) is 0 Å². The van der Waals surface area contributed by atoms with Crippen LogP contribution in [0, 0.1) is 5.92 Å². The number of alkyl halides is 3. The Bertz CT molecular complexity index is 1470. The van der Waals surface area contributed by atoms with Crippen molar-refractivity contribution in [2.45, 2.75) is 58.0 Å². The van der Waals surface area contributed by atoms with Crippen molar-refractivity contribution >= 4 is 23.3 Å². The largest absolute Gasteiger partial charge is 0.573 e. The summed E-state index contributed by atoms with van der Waals surface area (Å²) in [6.45, 7) is 3.70. The molecule has 1 unspecified atom stereocenters. The van der Waals surface area contributed by atoms with Crippen LogP contribution in [0.3, 0.4) is 0 Å². The summed E-state index contributed by atoms with van der Waals surface area (Å²) in [4.78, 5) is 31.1. The number of hydrogen-bond donors (Lipinski definition) is 2. The number of allylic oxidation sites excluding steroid dienone is 2. The van der Waals surface area contributed by atoms with Crippen LogP contribution in [0.25, 0.3) is 16.7 Å².